The van der Waals surface area contributed by atoms with Crippen LogP contribution in [0.3, 0.4) is 0 Å². The molecule has 1 aliphatic heterocycles. The number of nitrogens with zero attached hydrogens (tertiary/aromatic N) is 6. The number of hydrogen-bond acceptors (Lipinski definition) is 8. The average molecular weight is 508 g/mol. The first-order valence-electron chi connectivity index (χ1n) is 9.01. The summed E-state index contributed by atoms with van der Waals surface area (Å²) in [6, 6.07) is 5.67. The van der Waals surface area contributed by atoms with E-state index in [0.717, 1.165) is 36.4 Å². The number of carbonyl (C=O) groups is 4. The molecule has 0 bridgehead atoms. The van der Waals surface area contributed by atoms with Crippen LogP contribution in [0.15, 0.2) is 36.4 Å². The van der Waals surface area contributed by atoms with E-state index < -0.39 is 61.6 Å². The number of carbonyl (C=O) groups excluding carboxylic acids is 4. The van der Waals surface area contributed by atoms with Crippen LogP contribution in [-0.4, -0.2) is 33.5 Å². The molecule has 0 N–H and O–H groups in total. The maximum atomic E-state index is 12.7. The van der Waals surface area contributed by atoms with Crippen molar-refractivity contribution < 1.29 is 46.1 Å². The minimum Gasteiger partial charge on any atom is -0.627 e. The summed E-state index contributed by atoms with van der Waals surface area (Å²) in [6.07, 6.45) is 0. The molecular weight excluding hydrogens is 496 g/mol. The second-order valence-corrected chi connectivity index (χ2v) is 7.15. The fourth-order valence-corrected chi connectivity index (χ4v) is 2.52. The Kier molecular flexibility index (Phi) is 7.34. The monoisotopic (exact) mass is 508 g/mol. The number of nitro benzene ring substituents is 2. The van der Waals surface area contributed by atoms with Crippen LogP contribution in [-0.2, 0) is 36.2 Å². The molecule has 2 aromatic rings. The Bertz CT molecular complexity index is 1150. The molecule has 34 heavy (non-hydrogen) atoms. The van der Waals surface area contributed by atoms with Gasteiger partial charge in [-0.2, -0.15) is 0 Å². The van der Waals surface area contributed by atoms with Crippen LogP contribution in [0.5, 0.6) is 0 Å². The molecule has 4 amide bonds. The topological polar surface area (TPSA) is 211 Å². The van der Waals surface area contributed by atoms with Crippen molar-refractivity contribution in [3.05, 3.63) is 77.9 Å². The molecule has 0 aromatic heterocycles. The molecule has 14 nitrogen and oxygen atoms in total. The van der Waals surface area contributed by atoms with E-state index in [1.807, 2.05) is 0 Å². The maximum absolute atomic E-state index is 12.7. The standard InChI is InChI=1S/C19H16N6O8.Fe/c1-19(2)17(28)22-11-5-3-9(24(30)31)7-13(11)20-15(26)16(27)21-14-8-10(25(32)33)4-6-12(14)23-18(19)29;/h3-8H,1-2H3,(H4,20,21,22,23,26,27,28,29);/q;+3/p-4. The predicted octanol–water partition coefficient (Wildman–Crippen LogP) is 4.37. The van der Waals surface area contributed by atoms with Crippen LogP contribution in [0.2, 0.25) is 0 Å². The fourth-order valence-electron chi connectivity index (χ4n) is 2.52. The van der Waals surface area contributed by atoms with E-state index in [0.29, 0.717) is 0 Å². The number of non-ortho nitro benzene ring substituents is 2. The zero-order valence-corrected chi connectivity index (χ0v) is 18.4. The molecule has 0 spiro atoms. The number of benzene rings is 2. The van der Waals surface area contributed by atoms with Gasteiger partial charge in [-0.3, -0.25) is 20.2 Å². The van der Waals surface area contributed by atoms with Gasteiger partial charge in [-0.1, -0.05) is 12.1 Å². The third-order valence-electron chi connectivity index (χ3n) is 4.48. The van der Waals surface area contributed by atoms with E-state index in [1.165, 1.54) is 13.8 Å². The molecule has 1 heterocycles. The molecule has 0 saturated heterocycles. The summed E-state index contributed by atoms with van der Waals surface area (Å²) in [7, 11) is 0. The first kappa shape index (κ1) is 25.9. The Morgan fingerprint density at radius 1 is 0.647 bits per heavy atom. The summed E-state index contributed by atoms with van der Waals surface area (Å²) in [5.41, 5.74) is -4.43. The van der Waals surface area contributed by atoms with Gasteiger partial charge in [0.15, 0.2) is 0 Å². The largest absolute Gasteiger partial charge is 3.00 e. The van der Waals surface area contributed by atoms with Gasteiger partial charge in [-0.15, -0.1) is 22.7 Å². The molecule has 1 aliphatic rings. The van der Waals surface area contributed by atoms with E-state index in [9.17, 15) is 39.4 Å². The number of amides is 4. The Morgan fingerprint density at radius 2 is 1.00 bits per heavy atom. The Labute approximate surface area is 201 Å². The number of nitro groups is 2. The smallest absolute Gasteiger partial charge is 0.627 e. The van der Waals surface area contributed by atoms with Gasteiger partial charge in [-0.05, 0) is 13.8 Å². The molecule has 1 radical (unpaired) electrons. The van der Waals surface area contributed by atoms with Gasteiger partial charge in [0.05, 0.1) is 21.7 Å². The predicted molar refractivity (Wildman–Crippen MR) is 112 cm³/mol. The van der Waals surface area contributed by atoms with E-state index in [2.05, 4.69) is 21.3 Å². The molecule has 0 fully saturated rings. The van der Waals surface area contributed by atoms with Gasteiger partial charge in [0.2, 0.25) is 0 Å². The number of rotatable bonds is 2. The normalized spacial score (nSPS) is 15.2. The van der Waals surface area contributed by atoms with Crippen molar-refractivity contribution in [1.29, 1.82) is 0 Å². The summed E-state index contributed by atoms with van der Waals surface area (Å²) in [6.45, 7) is 2.43. The van der Waals surface area contributed by atoms with Crippen molar-refractivity contribution in [3.63, 3.8) is 0 Å². The Morgan fingerprint density at radius 3 is 1.32 bits per heavy atom. The Balaban J connectivity index is 0.00000408. The molecule has 0 aliphatic carbocycles. The molecule has 0 unspecified atom stereocenters. The van der Waals surface area contributed by atoms with Gasteiger partial charge in [-0.25, -0.2) is 0 Å². The molecule has 2 aromatic carbocycles. The van der Waals surface area contributed by atoms with Gasteiger partial charge in [0, 0.05) is 29.7 Å². The van der Waals surface area contributed by atoms with Gasteiger partial charge in [0.25, 0.3) is 11.4 Å². The van der Waals surface area contributed by atoms with Crippen LogP contribution in [0.4, 0.5) is 34.1 Å². The summed E-state index contributed by atoms with van der Waals surface area (Å²) in [4.78, 5) is 70.7. The van der Waals surface area contributed by atoms with Crippen LogP contribution in [0.1, 0.15) is 13.8 Å². The van der Waals surface area contributed by atoms with Crippen molar-refractivity contribution in [2.24, 2.45) is 5.41 Å². The third-order valence-corrected chi connectivity index (χ3v) is 4.48. The average Bonchev–Trinajstić information content (AvgIpc) is 2.75. The quantitative estimate of drug-likeness (QED) is 0.186. The first-order chi connectivity index (χ1) is 15.4. The Hall–Kier alpha value is -4.36. The SMILES string of the molecule is CC1(C)C(=O)[N-]c2ccc([N+](=O)[O-])cc2[N-]C(=O)C(=O)[N-]c2cc([N+](=O)[O-])ccc2[N-]C1=O.[Fe+3]. The molecule has 175 valence electrons. The number of fused-ring (bicyclic) bond motifs is 2. The maximum Gasteiger partial charge on any atom is 3.00 e. The summed E-state index contributed by atoms with van der Waals surface area (Å²) < 4.78 is 0. The summed E-state index contributed by atoms with van der Waals surface area (Å²) in [5, 5.41) is 36.6. The van der Waals surface area contributed by atoms with Crippen LogP contribution >= 0.6 is 0 Å². The van der Waals surface area contributed by atoms with E-state index in [4.69, 9.17) is 0 Å². The van der Waals surface area contributed by atoms with Crippen molar-refractivity contribution in [1.82, 2.24) is 0 Å². The first-order valence-corrected chi connectivity index (χ1v) is 9.01. The number of hydrogen-bond donors (Lipinski definition) is 0. The van der Waals surface area contributed by atoms with Gasteiger partial charge < -0.3 is 40.4 Å². The molecular formula is C19H12FeN6O8-. The van der Waals surface area contributed by atoms with E-state index >= 15 is 0 Å². The van der Waals surface area contributed by atoms with Crippen LogP contribution in [0.25, 0.3) is 21.3 Å². The zero-order valence-electron chi connectivity index (χ0n) is 17.3. The van der Waals surface area contributed by atoms with Crippen LogP contribution in [0, 0.1) is 25.6 Å². The van der Waals surface area contributed by atoms with Crippen LogP contribution < -0.4 is 0 Å². The van der Waals surface area contributed by atoms with E-state index in [-0.39, 0.29) is 28.4 Å². The van der Waals surface area contributed by atoms with Gasteiger partial charge in [0.1, 0.15) is 11.8 Å². The van der Waals surface area contributed by atoms with Crippen molar-refractivity contribution in [3.8, 4) is 0 Å². The molecule has 0 atom stereocenters. The minimum absolute atomic E-state index is 0. The van der Waals surface area contributed by atoms with Gasteiger partial charge >= 0.3 is 17.1 Å². The van der Waals surface area contributed by atoms with Crippen molar-refractivity contribution in [2.45, 2.75) is 13.8 Å². The summed E-state index contributed by atoms with van der Waals surface area (Å²) >= 11 is 0. The summed E-state index contributed by atoms with van der Waals surface area (Å²) in [5.74, 6) is -5.02. The molecule has 3 rings (SSSR count). The molecule has 0 saturated carbocycles. The van der Waals surface area contributed by atoms with Crippen molar-refractivity contribution >= 4 is 57.8 Å². The molecule has 15 heteroatoms. The van der Waals surface area contributed by atoms with Crippen molar-refractivity contribution in [2.75, 3.05) is 0 Å². The third kappa shape index (κ3) is 5.16. The fraction of sp³-hybridized carbons (Fsp3) is 0.158. The minimum atomic E-state index is -1.85. The zero-order chi connectivity index (χ0) is 24.5. The second kappa shape index (κ2) is 9.64. The van der Waals surface area contributed by atoms with E-state index in [1.54, 1.807) is 0 Å². The second-order valence-electron chi connectivity index (χ2n) is 7.15.